The highest BCUT2D eigenvalue weighted by Crippen LogP contribution is 2.34. The van der Waals surface area contributed by atoms with Crippen molar-refractivity contribution in [1.29, 1.82) is 0 Å². The minimum atomic E-state index is -4.59. The summed E-state index contributed by atoms with van der Waals surface area (Å²) in [6, 6.07) is 4.63. The molecule has 0 unspecified atom stereocenters. The molecule has 0 aliphatic carbocycles. The maximum atomic E-state index is 12.9. The third kappa shape index (κ3) is 4.99. The van der Waals surface area contributed by atoms with E-state index in [0.29, 0.717) is 0 Å². The quantitative estimate of drug-likeness (QED) is 0.839. The number of halogens is 3. The summed E-state index contributed by atoms with van der Waals surface area (Å²) >= 11 is 0. The van der Waals surface area contributed by atoms with Crippen molar-refractivity contribution >= 4 is 17.5 Å². The molecule has 134 valence electrons. The fourth-order valence-electron chi connectivity index (χ4n) is 2.07. The fraction of sp³-hybridized carbons (Fsp3) is 0.357. The van der Waals surface area contributed by atoms with Crippen LogP contribution in [0.3, 0.4) is 0 Å². The van der Waals surface area contributed by atoms with Crippen molar-refractivity contribution in [3.05, 3.63) is 36.2 Å². The Morgan fingerprint density at radius 1 is 1.28 bits per heavy atom. The zero-order chi connectivity index (χ0) is 18.4. The third-order valence-corrected chi connectivity index (χ3v) is 3.26. The van der Waals surface area contributed by atoms with Crippen LogP contribution in [0.4, 0.5) is 18.9 Å². The lowest BCUT2D eigenvalue weighted by Crippen LogP contribution is -2.39. The summed E-state index contributed by atoms with van der Waals surface area (Å²) in [4.78, 5) is 25.3. The lowest BCUT2D eigenvalue weighted by atomic mass is 10.1. The largest absolute Gasteiger partial charge is 0.418 e. The second kappa shape index (κ2) is 7.73. The summed E-state index contributed by atoms with van der Waals surface area (Å²) in [5, 5.41) is 12.5. The minimum Gasteiger partial charge on any atom is -0.332 e. The van der Waals surface area contributed by atoms with E-state index in [9.17, 15) is 22.8 Å². The first-order valence-electron chi connectivity index (χ1n) is 7.26. The second-order valence-electron chi connectivity index (χ2n) is 5.01. The molecule has 0 fully saturated rings. The van der Waals surface area contributed by atoms with Gasteiger partial charge in [-0.1, -0.05) is 12.1 Å². The van der Waals surface area contributed by atoms with Gasteiger partial charge < -0.3 is 10.2 Å². The number of nitrogens with one attached hydrogen (secondary N) is 1. The summed E-state index contributed by atoms with van der Waals surface area (Å²) in [5.41, 5.74) is -1.31. The van der Waals surface area contributed by atoms with Crippen LogP contribution in [0.25, 0.3) is 0 Å². The molecule has 8 nitrogen and oxygen atoms in total. The Morgan fingerprint density at radius 2 is 2.00 bits per heavy atom. The summed E-state index contributed by atoms with van der Waals surface area (Å²) in [7, 11) is 0. The topological polar surface area (TPSA) is 93.0 Å². The molecule has 1 aromatic heterocycles. The number of nitrogens with zero attached hydrogens (tertiary/aromatic N) is 5. The van der Waals surface area contributed by atoms with Crippen LogP contribution in [0.15, 0.2) is 30.6 Å². The maximum Gasteiger partial charge on any atom is 0.418 e. The van der Waals surface area contributed by atoms with Gasteiger partial charge in [0.15, 0.2) is 0 Å². The molecule has 0 saturated carbocycles. The van der Waals surface area contributed by atoms with E-state index in [1.54, 1.807) is 6.92 Å². The van der Waals surface area contributed by atoms with E-state index in [4.69, 9.17) is 0 Å². The smallest absolute Gasteiger partial charge is 0.332 e. The number of benzene rings is 1. The normalized spacial score (nSPS) is 11.2. The van der Waals surface area contributed by atoms with Gasteiger partial charge in [-0.2, -0.15) is 13.2 Å². The van der Waals surface area contributed by atoms with E-state index >= 15 is 0 Å². The molecule has 11 heteroatoms. The number of carbonyl (C=O) groups excluding carboxylic acids is 2. The number of hydrogen-bond acceptors (Lipinski definition) is 5. The number of hydrogen-bond donors (Lipinski definition) is 1. The van der Waals surface area contributed by atoms with Crippen LogP contribution < -0.4 is 5.32 Å². The molecule has 2 amide bonds. The molecule has 0 radical (unpaired) electrons. The molecule has 25 heavy (non-hydrogen) atoms. The fourth-order valence-corrected chi connectivity index (χ4v) is 2.07. The zero-order valence-electron chi connectivity index (χ0n) is 13.2. The average Bonchev–Trinajstić information content (AvgIpc) is 3.05. The van der Waals surface area contributed by atoms with Gasteiger partial charge in [0, 0.05) is 6.54 Å². The maximum absolute atomic E-state index is 12.9. The van der Waals surface area contributed by atoms with Crippen molar-refractivity contribution in [3.8, 4) is 0 Å². The molecule has 1 aromatic carbocycles. The lowest BCUT2D eigenvalue weighted by molar-refractivity contribution is -0.137. The Morgan fingerprint density at radius 3 is 2.60 bits per heavy atom. The van der Waals surface area contributed by atoms with Crippen molar-refractivity contribution in [2.24, 2.45) is 0 Å². The van der Waals surface area contributed by atoms with Gasteiger partial charge in [-0.15, -0.1) is 5.10 Å². The predicted octanol–water partition coefficient (Wildman–Crippen LogP) is 1.18. The second-order valence-corrected chi connectivity index (χ2v) is 5.01. The Bertz CT molecular complexity index is 732. The molecule has 0 bridgehead atoms. The first-order chi connectivity index (χ1) is 11.8. The highest BCUT2D eigenvalue weighted by molar-refractivity contribution is 5.95. The van der Waals surface area contributed by atoms with Crippen LogP contribution in [-0.4, -0.2) is 50.0 Å². The Labute approximate surface area is 140 Å². The van der Waals surface area contributed by atoms with Crippen molar-refractivity contribution in [2.75, 3.05) is 18.4 Å². The number of aromatic nitrogens is 4. The van der Waals surface area contributed by atoms with E-state index < -0.39 is 23.6 Å². The van der Waals surface area contributed by atoms with Crippen LogP contribution in [0.1, 0.15) is 12.5 Å². The number of anilines is 1. The van der Waals surface area contributed by atoms with E-state index in [1.807, 2.05) is 0 Å². The molecule has 1 heterocycles. The molecular weight excluding hydrogens is 341 g/mol. The van der Waals surface area contributed by atoms with Gasteiger partial charge >= 0.3 is 6.18 Å². The number of carbonyl (C=O) groups is 2. The molecule has 0 saturated heterocycles. The summed E-state index contributed by atoms with van der Waals surface area (Å²) in [6.45, 7) is 1.29. The Balaban J connectivity index is 2.02. The summed E-state index contributed by atoms with van der Waals surface area (Å²) in [6.07, 6.45) is -3.35. The van der Waals surface area contributed by atoms with Crippen molar-refractivity contribution in [3.63, 3.8) is 0 Å². The van der Waals surface area contributed by atoms with Gasteiger partial charge in [0.05, 0.1) is 17.8 Å². The van der Waals surface area contributed by atoms with Gasteiger partial charge in [-0.05, 0) is 29.5 Å². The number of tetrazole rings is 1. The highest BCUT2D eigenvalue weighted by Gasteiger charge is 2.33. The molecule has 0 aliphatic heterocycles. The van der Waals surface area contributed by atoms with Crippen LogP contribution in [0.2, 0.25) is 0 Å². The summed E-state index contributed by atoms with van der Waals surface area (Å²) in [5.74, 6) is -1.17. The van der Waals surface area contributed by atoms with Gasteiger partial charge in [0.2, 0.25) is 11.8 Å². The Kier molecular flexibility index (Phi) is 5.67. The van der Waals surface area contributed by atoms with Crippen molar-refractivity contribution in [1.82, 2.24) is 25.1 Å². The molecule has 1 N–H and O–H groups in total. The van der Waals surface area contributed by atoms with E-state index in [1.165, 1.54) is 28.0 Å². The molecule has 0 atom stereocenters. The van der Waals surface area contributed by atoms with Crippen LogP contribution in [0.5, 0.6) is 0 Å². The zero-order valence-corrected chi connectivity index (χ0v) is 13.2. The SMILES string of the molecule is CCN(CC(=O)Nc1ccccc1C(F)(F)F)C(=O)Cn1cnnn1. The predicted molar refractivity (Wildman–Crippen MR) is 80.1 cm³/mol. The molecule has 0 aliphatic rings. The van der Waals surface area contributed by atoms with E-state index in [2.05, 4.69) is 20.8 Å². The van der Waals surface area contributed by atoms with Crippen LogP contribution >= 0.6 is 0 Å². The molecule has 0 spiro atoms. The number of rotatable bonds is 6. The van der Waals surface area contributed by atoms with Gasteiger partial charge in [-0.25, -0.2) is 4.68 Å². The van der Waals surface area contributed by atoms with Gasteiger partial charge in [-0.3, -0.25) is 9.59 Å². The highest BCUT2D eigenvalue weighted by atomic mass is 19.4. The monoisotopic (exact) mass is 356 g/mol. The summed E-state index contributed by atoms with van der Waals surface area (Å²) < 4.78 is 40.0. The van der Waals surface area contributed by atoms with Crippen molar-refractivity contribution in [2.45, 2.75) is 19.6 Å². The minimum absolute atomic E-state index is 0.173. The molecular formula is C14H15F3N6O2. The first-order valence-corrected chi connectivity index (χ1v) is 7.26. The van der Waals surface area contributed by atoms with E-state index in [-0.39, 0.29) is 25.3 Å². The standard InChI is InChI=1S/C14H15F3N6O2/c1-2-22(13(25)8-23-9-18-20-21-23)7-12(24)19-11-6-4-3-5-10(11)14(15,16)17/h3-6,9H,2,7-8H2,1H3,(H,19,24). The number of para-hydroxylation sites is 1. The average molecular weight is 356 g/mol. The number of amides is 2. The molecule has 2 rings (SSSR count). The number of alkyl halides is 3. The van der Waals surface area contributed by atoms with Crippen LogP contribution in [0, 0.1) is 0 Å². The lowest BCUT2D eigenvalue weighted by Gasteiger charge is -2.21. The third-order valence-electron chi connectivity index (χ3n) is 3.26. The first kappa shape index (κ1) is 18.4. The molecule has 2 aromatic rings. The van der Waals surface area contributed by atoms with E-state index in [0.717, 1.165) is 12.1 Å². The number of likely N-dealkylation sites (N-methyl/N-ethyl adjacent to an activating group) is 1. The van der Waals surface area contributed by atoms with Gasteiger partial charge in [0.1, 0.15) is 12.9 Å². The van der Waals surface area contributed by atoms with Crippen molar-refractivity contribution < 1.29 is 22.8 Å². The van der Waals surface area contributed by atoms with Gasteiger partial charge in [0.25, 0.3) is 0 Å². The van der Waals surface area contributed by atoms with Crippen LogP contribution in [-0.2, 0) is 22.3 Å². The Hall–Kier alpha value is -2.98.